The Labute approximate surface area is 138 Å². The molecule has 1 aliphatic heterocycles. The maximum absolute atomic E-state index is 12.3. The lowest BCUT2D eigenvalue weighted by atomic mass is 9.84. The number of nitrogens with one attached hydrogen (secondary N) is 2. The smallest absolute Gasteiger partial charge is 0.261 e. The van der Waals surface area contributed by atoms with E-state index in [1.54, 1.807) is 18.2 Å². The summed E-state index contributed by atoms with van der Waals surface area (Å²) >= 11 is 0. The summed E-state index contributed by atoms with van der Waals surface area (Å²) in [4.78, 5) is 27.1. The zero-order valence-electron chi connectivity index (χ0n) is 13.2. The number of ether oxygens (including phenoxy) is 1. The Morgan fingerprint density at radius 2 is 2.25 bits per heavy atom. The first-order valence-electron chi connectivity index (χ1n) is 7.88. The Morgan fingerprint density at radius 3 is 2.88 bits per heavy atom. The number of rotatable bonds is 6. The van der Waals surface area contributed by atoms with Crippen molar-refractivity contribution in [3.05, 3.63) is 46.4 Å². The molecule has 2 aromatic rings. The van der Waals surface area contributed by atoms with E-state index in [-0.39, 0.29) is 17.6 Å². The number of furan rings is 1. The molecule has 1 aliphatic rings. The molecule has 3 N–H and O–H groups in total. The Morgan fingerprint density at radius 1 is 1.38 bits per heavy atom. The molecule has 24 heavy (non-hydrogen) atoms. The van der Waals surface area contributed by atoms with Crippen LogP contribution in [-0.4, -0.2) is 42.4 Å². The topological polar surface area (TPSA) is 105 Å². The van der Waals surface area contributed by atoms with Crippen molar-refractivity contribution in [2.45, 2.75) is 12.8 Å². The van der Waals surface area contributed by atoms with Crippen LogP contribution in [0, 0.1) is 5.41 Å². The molecule has 0 saturated carbocycles. The van der Waals surface area contributed by atoms with E-state index >= 15 is 0 Å². The number of aliphatic hydroxyl groups excluding tert-OH is 1. The maximum Gasteiger partial charge on any atom is 0.261 e. The average Bonchev–Trinajstić information content (AvgIpc) is 3.25. The molecule has 1 amide bonds. The van der Waals surface area contributed by atoms with Crippen LogP contribution in [0.25, 0.3) is 11.5 Å². The van der Waals surface area contributed by atoms with E-state index in [9.17, 15) is 14.7 Å². The van der Waals surface area contributed by atoms with Crippen LogP contribution in [0.3, 0.4) is 0 Å². The molecule has 0 radical (unpaired) electrons. The summed E-state index contributed by atoms with van der Waals surface area (Å²) in [6, 6.07) is 6.56. The molecule has 2 aromatic heterocycles. The molecular formula is C17H20N2O5. The molecule has 128 valence electrons. The fourth-order valence-electron chi connectivity index (χ4n) is 2.90. The van der Waals surface area contributed by atoms with E-state index in [0.717, 1.165) is 6.42 Å². The van der Waals surface area contributed by atoms with Gasteiger partial charge in [0.2, 0.25) is 0 Å². The second-order valence-corrected chi connectivity index (χ2v) is 6.05. The van der Waals surface area contributed by atoms with Crippen LogP contribution < -0.4 is 10.9 Å². The highest BCUT2D eigenvalue weighted by Gasteiger charge is 2.34. The fourth-order valence-corrected chi connectivity index (χ4v) is 2.90. The normalized spacial score (nSPS) is 20.2. The number of amides is 1. The van der Waals surface area contributed by atoms with Gasteiger partial charge >= 0.3 is 0 Å². The number of aromatic nitrogens is 1. The molecule has 0 spiro atoms. The predicted molar refractivity (Wildman–Crippen MR) is 86.7 cm³/mol. The van der Waals surface area contributed by atoms with Crippen molar-refractivity contribution in [2.75, 3.05) is 26.4 Å². The first-order chi connectivity index (χ1) is 11.6. The summed E-state index contributed by atoms with van der Waals surface area (Å²) in [6.07, 6.45) is 2.85. The number of carbonyl (C=O) groups is 1. The van der Waals surface area contributed by atoms with E-state index < -0.39 is 11.5 Å². The number of hydrogen-bond acceptors (Lipinski definition) is 5. The monoisotopic (exact) mass is 332 g/mol. The van der Waals surface area contributed by atoms with Gasteiger partial charge in [-0.05, 0) is 37.1 Å². The highest BCUT2D eigenvalue weighted by Crippen LogP contribution is 2.31. The Kier molecular flexibility index (Phi) is 4.82. The molecular weight excluding hydrogens is 312 g/mol. The minimum absolute atomic E-state index is 0.0393. The van der Waals surface area contributed by atoms with Gasteiger partial charge in [0, 0.05) is 25.2 Å². The van der Waals surface area contributed by atoms with Crippen LogP contribution in [0.5, 0.6) is 0 Å². The second kappa shape index (κ2) is 7.02. The summed E-state index contributed by atoms with van der Waals surface area (Å²) in [5.74, 6) is 0.0931. The van der Waals surface area contributed by atoms with Gasteiger partial charge in [-0.1, -0.05) is 0 Å². The van der Waals surface area contributed by atoms with Gasteiger partial charge in [-0.25, -0.2) is 0 Å². The lowest BCUT2D eigenvalue weighted by molar-refractivity contribution is 0.0888. The number of carbonyl (C=O) groups excluding carboxylic acids is 1. The van der Waals surface area contributed by atoms with Crippen molar-refractivity contribution in [1.29, 1.82) is 0 Å². The minimum Gasteiger partial charge on any atom is -0.463 e. The average molecular weight is 332 g/mol. The number of aliphatic hydroxyl groups is 1. The largest absolute Gasteiger partial charge is 0.463 e. The number of H-pyrrole nitrogens is 1. The standard InChI is InChI=1S/C17H20N2O5/c20-7-5-17(6-9-23-11-17)10-18-15(21)12-3-4-13(19-16(12)22)14-2-1-8-24-14/h1-4,8,20H,5-7,9-11H2,(H,18,21)(H,19,22)/t17-/m1/s1. The number of hydrogen-bond donors (Lipinski definition) is 3. The number of aromatic amines is 1. The predicted octanol–water partition coefficient (Wildman–Crippen LogP) is 1.15. The lowest BCUT2D eigenvalue weighted by Gasteiger charge is -2.26. The van der Waals surface area contributed by atoms with E-state index in [1.165, 1.54) is 12.3 Å². The lowest BCUT2D eigenvalue weighted by Crippen LogP contribution is -2.40. The molecule has 1 fully saturated rings. The van der Waals surface area contributed by atoms with Crippen LogP contribution in [0.1, 0.15) is 23.2 Å². The molecule has 0 aliphatic carbocycles. The highest BCUT2D eigenvalue weighted by atomic mass is 16.5. The molecule has 7 nitrogen and oxygen atoms in total. The SMILES string of the molecule is O=C(NC[C@@]1(CCO)CCOC1)c1ccc(-c2ccco2)[nH]c1=O. The molecule has 3 rings (SSSR count). The molecule has 1 atom stereocenters. The third-order valence-corrected chi connectivity index (χ3v) is 4.39. The Balaban J connectivity index is 1.70. The van der Waals surface area contributed by atoms with E-state index in [0.29, 0.717) is 37.6 Å². The summed E-state index contributed by atoms with van der Waals surface area (Å²) in [7, 11) is 0. The molecule has 0 unspecified atom stereocenters. The van der Waals surface area contributed by atoms with Gasteiger partial charge in [0.25, 0.3) is 11.5 Å². The fraction of sp³-hybridized carbons (Fsp3) is 0.412. The van der Waals surface area contributed by atoms with Crippen molar-refractivity contribution >= 4 is 5.91 Å². The first-order valence-corrected chi connectivity index (χ1v) is 7.88. The van der Waals surface area contributed by atoms with Crippen molar-refractivity contribution < 1.29 is 19.1 Å². The highest BCUT2D eigenvalue weighted by molar-refractivity contribution is 5.94. The summed E-state index contributed by atoms with van der Waals surface area (Å²) in [5.41, 5.74) is -0.170. The van der Waals surface area contributed by atoms with Crippen LogP contribution >= 0.6 is 0 Å². The van der Waals surface area contributed by atoms with Gasteiger partial charge in [-0.15, -0.1) is 0 Å². The Hall–Kier alpha value is -2.38. The van der Waals surface area contributed by atoms with Crippen molar-refractivity contribution in [2.24, 2.45) is 5.41 Å². The quantitative estimate of drug-likeness (QED) is 0.736. The third-order valence-electron chi connectivity index (χ3n) is 4.39. The minimum atomic E-state index is -0.472. The van der Waals surface area contributed by atoms with Gasteiger partial charge in [0.15, 0.2) is 0 Å². The van der Waals surface area contributed by atoms with Gasteiger partial charge < -0.3 is 24.6 Å². The molecule has 1 saturated heterocycles. The molecule has 0 bridgehead atoms. The first kappa shape index (κ1) is 16.5. The number of pyridine rings is 1. The van der Waals surface area contributed by atoms with Crippen molar-refractivity contribution in [3.8, 4) is 11.5 Å². The van der Waals surface area contributed by atoms with Gasteiger partial charge in [-0.2, -0.15) is 0 Å². The van der Waals surface area contributed by atoms with Crippen LogP contribution in [0.2, 0.25) is 0 Å². The van der Waals surface area contributed by atoms with Crippen LogP contribution in [0.4, 0.5) is 0 Å². The van der Waals surface area contributed by atoms with Crippen LogP contribution in [-0.2, 0) is 4.74 Å². The molecule has 3 heterocycles. The third kappa shape index (κ3) is 3.42. The van der Waals surface area contributed by atoms with Gasteiger partial charge in [0.1, 0.15) is 11.3 Å². The van der Waals surface area contributed by atoms with E-state index in [1.807, 2.05) is 0 Å². The van der Waals surface area contributed by atoms with Crippen molar-refractivity contribution in [3.63, 3.8) is 0 Å². The van der Waals surface area contributed by atoms with Crippen LogP contribution in [0.15, 0.2) is 39.7 Å². The Bertz CT molecular complexity index is 745. The zero-order chi connectivity index (χ0) is 17.0. The summed E-state index contributed by atoms with van der Waals surface area (Å²) in [6.45, 7) is 1.53. The zero-order valence-corrected chi connectivity index (χ0v) is 13.2. The second-order valence-electron chi connectivity index (χ2n) is 6.05. The van der Waals surface area contributed by atoms with Gasteiger partial charge in [0.05, 0.1) is 18.6 Å². The van der Waals surface area contributed by atoms with E-state index in [2.05, 4.69) is 10.3 Å². The molecule has 7 heteroatoms. The van der Waals surface area contributed by atoms with E-state index in [4.69, 9.17) is 9.15 Å². The van der Waals surface area contributed by atoms with Gasteiger partial charge in [-0.3, -0.25) is 9.59 Å². The molecule has 0 aromatic carbocycles. The maximum atomic E-state index is 12.3. The summed E-state index contributed by atoms with van der Waals surface area (Å²) in [5, 5.41) is 12.0. The van der Waals surface area contributed by atoms with Crippen molar-refractivity contribution in [1.82, 2.24) is 10.3 Å². The summed E-state index contributed by atoms with van der Waals surface area (Å²) < 4.78 is 10.6.